The van der Waals surface area contributed by atoms with Crippen LogP contribution < -0.4 is 14.2 Å². The van der Waals surface area contributed by atoms with Crippen molar-refractivity contribution >= 4 is 10.0 Å². The lowest BCUT2D eigenvalue weighted by atomic mass is 10.1. The first-order valence-electron chi connectivity index (χ1n) is 6.98. The molecule has 1 N–H and O–H groups in total. The number of benzene rings is 2. The molecule has 2 aromatic rings. The molecule has 0 radical (unpaired) electrons. The third kappa shape index (κ3) is 3.82. The van der Waals surface area contributed by atoms with Crippen LogP contribution >= 0.6 is 0 Å². The summed E-state index contributed by atoms with van der Waals surface area (Å²) < 4.78 is 63.7. The molecule has 0 amide bonds. The number of rotatable bonds is 6. The summed E-state index contributed by atoms with van der Waals surface area (Å²) in [7, 11) is -1.10. The number of nitrogens with one attached hydrogen (secondary N) is 1. The third-order valence-corrected chi connectivity index (χ3v) is 4.98. The van der Waals surface area contributed by atoms with E-state index in [1.807, 2.05) is 0 Å². The van der Waals surface area contributed by atoms with Crippen molar-refractivity contribution in [2.24, 2.45) is 0 Å². The van der Waals surface area contributed by atoms with Crippen LogP contribution in [-0.2, 0) is 10.0 Å². The van der Waals surface area contributed by atoms with Crippen LogP contribution in [0.4, 0.5) is 8.78 Å². The number of hydrogen-bond acceptors (Lipinski definition) is 4. The van der Waals surface area contributed by atoms with E-state index in [0.717, 1.165) is 12.1 Å². The van der Waals surface area contributed by atoms with Crippen molar-refractivity contribution in [3.05, 3.63) is 53.6 Å². The third-order valence-electron chi connectivity index (χ3n) is 3.44. The number of halogens is 2. The highest BCUT2D eigenvalue weighted by atomic mass is 32.2. The summed E-state index contributed by atoms with van der Waals surface area (Å²) in [6, 6.07) is 6.67. The van der Waals surface area contributed by atoms with Crippen LogP contribution in [0, 0.1) is 11.6 Å². The molecule has 2 rings (SSSR count). The molecule has 2 aromatic carbocycles. The van der Waals surface area contributed by atoms with Gasteiger partial charge in [-0.3, -0.25) is 0 Å². The molecule has 0 bridgehead atoms. The van der Waals surface area contributed by atoms with Gasteiger partial charge in [0.05, 0.1) is 19.1 Å². The van der Waals surface area contributed by atoms with Crippen LogP contribution in [0.1, 0.15) is 18.5 Å². The zero-order valence-corrected chi connectivity index (χ0v) is 14.2. The molecule has 0 fully saturated rings. The first kappa shape index (κ1) is 18.2. The largest absolute Gasteiger partial charge is 0.497 e. The van der Waals surface area contributed by atoms with Gasteiger partial charge in [0, 0.05) is 11.6 Å². The molecule has 1 atom stereocenters. The Labute approximate surface area is 139 Å². The highest BCUT2D eigenvalue weighted by molar-refractivity contribution is 7.89. The van der Waals surface area contributed by atoms with E-state index in [2.05, 4.69) is 4.72 Å². The number of sulfonamides is 1. The Morgan fingerprint density at radius 2 is 1.71 bits per heavy atom. The standard InChI is InChI=1S/C16H17F2NO4S/c1-10(13-8-11(22-2)4-7-16(13)23-3)19-24(20,21)12-5-6-14(17)15(18)9-12/h4-10,19H,1-3H3/t10-/m1/s1. The summed E-state index contributed by atoms with van der Waals surface area (Å²) in [4.78, 5) is -0.366. The lowest BCUT2D eigenvalue weighted by Crippen LogP contribution is -2.27. The fraction of sp³-hybridized carbons (Fsp3) is 0.250. The van der Waals surface area contributed by atoms with Crippen LogP contribution in [0.3, 0.4) is 0 Å². The summed E-state index contributed by atoms with van der Waals surface area (Å²) >= 11 is 0. The molecule has 0 aliphatic heterocycles. The Kier molecular flexibility index (Phi) is 5.40. The number of methoxy groups -OCH3 is 2. The van der Waals surface area contributed by atoms with Gasteiger partial charge in [-0.05, 0) is 43.3 Å². The minimum atomic E-state index is -4.04. The minimum Gasteiger partial charge on any atom is -0.497 e. The molecule has 0 saturated carbocycles. The smallest absolute Gasteiger partial charge is 0.241 e. The topological polar surface area (TPSA) is 64.6 Å². The van der Waals surface area contributed by atoms with Crippen molar-refractivity contribution in [3.8, 4) is 11.5 Å². The fourth-order valence-electron chi connectivity index (χ4n) is 2.19. The SMILES string of the molecule is COc1ccc(OC)c([C@@H](C)NS(=O)(=O)c2ccc(F)c(F)c2)c1. The molecule has 0 aliphatic carbocycles. The second-order valence-corrected chi connectivity index (χ2v) is 6.74. The average molecular weight is 357 g/mol. The van der Waals surface area contributed by atoms with E-state index in [4.69, 9.17) is 9.47 Å². The summed E-state index contributed by atoms with van der Waals surface area (Å²) in [6.45, 7) is 1.61. The summed E-state index contributed by atoms with van der Waals surface area (Å²) in [5, 5.41) is 0. The van der Waals surface area contributed by atoms with Gasteiger partial charge in [-0.25, -0.2) is 21.9 Å². The maximum Gasteiger partial charge on any atom is 0.241 e. The molecular formula is C16H17F2NO4S. The summed E-state index contributed by atoms with van der Waals surface area (Å²) in [5.74, 6) is -1.35. The van der Waals surface area contributed by atoms with Crippen LogP contribution in [-0.4, -0.2) is 22.6 Å². The van der Waals surface area contributed by atoms with Crippen molar-refractivity contribution in [1.82, 2.24) is 4.72 Å². The Bertz CT molecular complexity index is 840. The van der Waals surface area contributed by atoms with Gasteiger partial charge in [0.1, 0.15) is 11.5 Å². The van der Waals surface area contributed by atoms with E-state index >= 15 is 0 Å². The quantitative estimate of drug-likeness (QED) is 0.863. The maximum absolute atomic E-state index is 13.3. The summed E-state index contributed by atoms with van der Waals surface area (Å²) in [6.07, 6.45) is 0. The van der Waals surface area contributed by atoms with Gasteiger partial charge < -0.3 is 9.47 Å². The van der Waals surface area contributed by atoms with Gasteiger partial charge in [0.15, 0.2) is 11.6 Å². The Morgan fingerprint density at radius 3 is 2.29 bits per heavy atom. The van der Waals surface area contributed by atoms with E-state index in [1.54, 1.807) is 25.1 Å². The Hall–Kier alpha value is -2.19. The van der Waals surface area contributed by atoms with Crippen molar-refractivity contribution < 1.29 is 26.7 Å². The average Bonchev–Trinajstić information content (AvgIpc) is 2.56. The molecule has 0 aromatic heterocycles. The zero-order valence-electron chi connectivity index (χ0n) is 13.3. The second-order valence-electron chi connectivity index (χ2n) is 5.03. The predicted octanol–water partition coefficient (Wildman–Crippen LogP) is 3.02. The van der Waals surface area contributed by atoms with Gasteiger partial charge in [0.2, 0.25) is 10.0 Å². The zero-order chi connectivity index (χ0) is 17.9. The van der Waals surface area contributed by atoms with Crippen LogP contribution in [0.5, 0.6) is 11.5 Å². The van der Waals surface area contributed by atoms with E-state index in [9.17, 15) is 17.2 Å². The van der Waals surface area contributed by atoms with E-state index in [-0.39, 0.29) is 4.90 Å². The van der Waals surface area contributed by atoms with E-state index in [1.165, 1.54) is 14.2 Å². The number of hydrogen-bond donors (Lipinski definition) is 1. The predicted molar refractivity (Wildman–Crippen MR) is 84.6 cm³/mol. The fourth-order valence-corrected chi connectivity index (χ4v) is 3.42. The van der Waals surface area contributed by atoms with Crippen molar-refractivity contribution in [1.29, 1.82) is 0 Å². The van der Waals surface area contributed by atoms with E-state index < -0.39 is 27.7 Å². The van der Waals surface area contributed by atoms with Crippen LogP contribution in [0.15, 0.2) is 41.3 Å². The molecular weight excluding hydrogens is 340 g/mol. The number of ether oxygens (including phenoxy) is 2. The van der Waals surface area contributed by atoms with Crippen LogP contribution in [0.2, 0.25) is 0 Å². The lowest BCUT2D eigenvalue weighted by Gasteiger charge is -2.18. The van der Waals surface area contributed by atoms with Gasteiger partial charge in [-0.2, -0.15) is 0 Å². The molecule has 0 spiro atoms. The molecule has 0 heterocycles. The summed E-state index contributed by atoms with van der Waals surface area (Å²) in [5.41, 5.74) is 0.544. The van der Waals surface area contributed by atoms with Crippen molar-refractivity contribution in [3.63, 3.8) is 0 Å². The van der Waals surface area contributed by atoms with Crippen molar-refractivity contribution in [2.45, 2.75) is 17.9 Å². The monoisotopic (exact) mass is 357 g/mol. The molecule has 130 valence electrons. The van der Waals surface area contributed by atoms with Gasteiger partial charge in [0.25, 0.3) is 0 Å². The Morgan fingerprint density at radius 1 is 1.00 bits per heavy atom. The normalized spacial score (nSPS) is 12.7. The second kappa shape index (κ2) is 7.14. The molecule has 24 heavy (non-hydrogen) atoms. The highest BCUT2D eigenvalue weighted by Gasteiger charge is 2.22. The first-order valence-corrected chi connectivity index (χ1v) is 8.46. The molecule has 0 unspecified atom stereocenters. The van der Waals surface area contributed by atoms with E-state index in [0.29, 0.717) is 23.1 Å². The molecule has 5 nitrogen and oxygen atoms in total. The molecule has 0 saturated heterocycles. The highest BCUT2D eigenvalue weighted by Crippen LogP contribution is 2.30. The Balaban J connectivity index is 2.34. The van der Waals surface area contributed by atoms with Crippen molar-refractivity contribution in [2.75, 3.05) is 14.2 Å². The van der Waals surface area contributed by atoms with Gasteiger partial charge in [-0.1, -0.05) is 0 Å². The molecule has 0 aliphatic rings. The molecule has 8 heteroatoms. The van der Waals surface area contributed by atoms with Crippen LogP contribution in [0.25, 0.3) is 0 Å². The van der Waals surface area contributed by atoms with Gasteiger partial charge >= 0.3 is 0 Å². The first-order chi connectivity index (χ1) is 11.3. The van der Waals surface area contributed by atoms with Gasteiger partial charge in [-0.15, -0.1) is 0 Å². The maximum atomic E-state index is 13.3. The minimum absolute atomic E-state index is 0.366. The lowest BCUT2D eigenvalue weighted by molar-refractivity contribution is 0.395.